The predicted molar refractivity (Wildman–Crippen MR) is 179 cm³/mol. The van der Waals surface area contributed by atoms with Gasteiger partial charge in [0.2, 0.25) is 0 Å². The molecule has 0 aliphatic carbocycles. The van der Waals surface area contributed by atoms with Crippen LogP contribution in [0, 0.1) is 0 Å². The molecule has 46 heavy (non-hydrogen) atoms. The van der Waals surface area contributed by atoms with Gasteiger partial charge in [-0.05, 0) is 97.7 Å². The van der Waals surface area contributed by atoms with Crippen molar-refractivity contribution in [2.75, 3.05) is 18.0 Å². The van der Waals surface area contributed by atoms with Crippen molar-refractivity contribution < 1.29 is 33.1 Å². The van der Waals surface area contributed by atoms with Crippen molar-refractivity contribution in [3.63, 3.8) is 0 Å². The SMILES string of the molecule is C[C@@H]1CCC[N+]1(C(=O)CN(c1ccccc1)C(C)(C)C(=O)OC(C)(C)C)C(=O)NCc1cc(Cl)ccc1CNC(=O)OC(C)(C)C. The molecule has 1 saturated heterocycles. The van der Waals surface area contributed by atoms with Gasteiger partial charge in [-0.15, -0.1) is 0 Å². The van der Waals surface area contributed by atoms with Crippen molar-refractivity contribution in [2.24, 2.45) is 0 Å². The van der Waals surface area contributed by atoms with E-state index < -0.39 is 39.3 Å². The number of nitrogens with zero attached hydrogens (tertiary/aromatic N) is 2. The Morgan fingerprint density at radius 3 is 2.04 bits per heavy atom. The van der Waals surface area contributed by atoms with Gasteiger partial charge >= 0.3 is 24.0 Å². The first-order valence-electron chi connectivity index (χ1n) is 15.8. The fourth-order valence-corrected chi connectivity index (χ4v) is 5.78. The van der Waals surface area contributed by atoms with Crippen LogP contribution in [0.15, 0.2) is 48.5 Å². The molecule has 2 aromatic carbocycles. The van der Waals surface area contributed by atoms with Crippen LogP contribution in [0.3, 0.4) is 0 Å². The van der Waals surface area contributed by atoms with Gasteiger partial charge in [0, 0.05) is 36.6 Å². The van der Waals surface area contributed by atoms with E-state index in [4.69, 9.17) is 21.1 Å². The van der Waals surface area contributed by atoms with Gasteiger partial charge in [-0.1, -0.05) is 35.9 Å². The quantitative estimate of drug-likeness (QED) is 0.227. The number of anilines is 1. The second-order valence-electron chi connectivity index (χ2n) is 14.4. The Hall–Kier alpha value is -3.63. The largest absolute Gasteiger partial charge is 0.458 e. The number of hydrogen-bond acceptors (Lipinski definition) is 7. The van der Waals surface area contributed by atoms with Crippen molar-refractivity contribution in [1.29, 1.82) is 0 Å². The third kappa shape index (κ3) is 9.22. The van der Waals surface area contributed by atoms with Crippen LogP contribution < -0.4 is 15.5 Å². The summed E-state index contributed by atoms with van der Waals surface area (Å²) in [4.78, 5) is 56.0. The number of alkyl carbamates (subject to hydrolysis) is 1. The number of halogens is 1. The van der Waals surface area contributed by atoms with Crippen LogP contribution in [0.2, 0.25) is 5.02 Å². The molecule has 252 valence electrons. The average Bonchev–Trinajstić information content (AvgIpc) is 3.34. The molecule has 1 unspecified atom stereocenters. The number of ether oxygens (including phenoxy) is 2. The summed E-state index contributed by atoms with van der Waals surface area (Å²) in [5.41, 5.74) is -0.471. The highest BCUT2D eigenvalue weighted by atomic mass is 35.5. The standard InChI is InChI=1S/C35H49ClN4O6/c1-24-14-13-19-40(24,29(41)23-39(28-15-11-10-12-16-28)35(8,9)30(42)45-33(2,3)4)31(43)37-22-26-20-27(36)18-17-25(26)21-38-32(44)46-34(5,6)7/h10-12,15-18,20,24H,13-14,19,21-23H2,1-9H3,(H-,37,38,43,44)/p+1/t24-,40?/m1/s1. The average molecular weight is 658 g/mol. The first kappa shape index (κ1) is 36.8. The Balaban J connectivity index is 1.87. The van der Waals surface area contributed by atoms with Gasteiger partial charge in [0.25, 0.3) is 0 Å². The van der Waals surface area contributed by atoms with Gasteiger partial charge in [-0.2, -0.15) is 4.48 Å². The minimum atomic E-state index is -1.22. The lowest BCUT2D eigenvalue weighted by Gasteiger charge is -2.41. The number of quaternary nitrogens is 1. The number of hydrogen-bond donors (Lipinski definition) is 2. The maximum Gasteiger partial charge on any atom is 0.424 e. The fourth-order valence-electron chi connectivity index (χ4n) is 5.58. The molecular formula is C35H50ClN4O6+. The summed E-state index contributed by atoms with van der Waals surface area (Å²) in [6.45, 7) is 16.5. The van der Waals surface area contributed by atoms with E-state index in [9.17, 15) is 19.2 Å². The number of urea groups is 1. The molecule has 1 aliphatic rings. The van der Waals surface area contributed by atoms with Crippen LogP contribution in [0.25, 0.3) is 0 Å². The van der Waals surface area contributed by atoms with Crippen molar-refractivity contribution in [1.82, 2.24) is 10.6 Å². The van der Waals surface area contributed by atoms with Crippen LogP contribution in [0.1, 0.15) is 86.3 Å². The molecule has 0 spiro atoms. The molecule has 4 amide bonds. The van der Waals surface area contributed by atoms with E-state index in [1.165, 1.54) is 0 Å². The minimum Gasteiger partial charge on any atom is -0.458 e. The number of amides is 4. The second kappa shape index (κ2) is 14.4. The second-order valence-corrected chi connectivity index (χ2v) is 14.8. The van der Waals surface area contributed by atoms with E-state index in [0.717, 1.165) is 5.56 Å². The smallest absolute Gasteiger partial charge is 0.424 e. The van der Waals surface area contributed by atoms with E-state index in [0.29, 0.717) is 35.7 Å². The molecule has 1 aliphatic heterocycles. The zero-order chi connectivity index (χ0) is 34.5. The Bertz CT molecular complexity index is 1420. The summed E-state index contributed by atoms with van der Waals surface area (Å²) in [6.07, 6.45) is 0.835. The third-order valence-corrected chi connectivity index (χ3v) is 8.28. The number of carbonyl (C=O) groups excluding carboxylic acids is 4. The summed E-state index contributed by atoms with van der Waals surface area (Å²) in [5, 5.41) is 6.21. The molecule has 0 radical (unpaired) electrons. The van der Waals surface area contributed by atoms with Crippen LogP contribution in [-0.4, -0.2) is 64.4 Å². The van der Waals surface area contributed by atoms with Gasteiger partial charge in [-0.3, -0.25) is 0 Å². The molecule has 0 aromatic heterocycles. The number of carbonyl (C=O) groups is 4. The van der Waals surface area contributed by atoms with Crippen LogP contribution in [0.5, 0.6) is 0 Å². The molecule has 10 nitrogen and oxygen atoms in total. The van der Waals surface area contributed by atoms with Gasteiger partial charge in [0.1, 0.15) is 29.3 Å². The zero-order valence-corrected chi connectivity index (χ0v) is 29.4. The van der Waals surface area contributed by atoms with E-state index in [1.54, 1.807) is 78.5 Å². The van der Waals surface area contributed by atoms with E-state index in [1.807, 2.05) is 37.3 Å². The van der Waals surface area contributed by atoms with E-state index >= 15 is 0 Å². The van der Waals surface area contributed by atoms with Crippen LogP contribution in [-0.2, 0) is 32.2 Å². The number of imide groups is 1. The zero-order valence-electron chi connectivity index (χ0n) is 28.7. The molecule has 1 fully saturated rings. The lowest BCUT2D eigenvalue weighted by Crippen LogP contribution is -2.66. The van der Waals surface area contributed by atoms with Crippen molar-refractivity contribution in [3.05, 3.63) is 64.7 Å². The Kier molecular flexibility index (Phi) is 11.5. The van der Waals surface area contributed by atoms with Gasteiger partial charge in [0.05, 0.1) is 6.54 Å². The van der Waals surface area contributed by atoms with Gasteiger partial charge in [-0.25, -0.2) is 19.2 Å². The summed E-state index contributed by atoms with van der Waals surface area (Å²) in [7, 11) is 0. The molecule has 11 heteroatoms. The maximum absolute atomic E-state index is 14.4. The van der Waals surface area contributed by atoms with Crippen LogP contribution in [0.4, 0.5) is 15.3 Å². The first-order valence-corrected chi connectivity index (χ1v) is 16.1. The van der Waals surface area contributed by atoms with Crippen molar-refractivity contribution in [3.8, 4) is 0 Å². The van der Waals surface area contributed by atoms with Gasteiger partial charge < -0.3 is 25.0 Å². The third-order valence-electron chi connectivity index (χ3n) is 8.05. The molecular weight excluding hydrogens is 608 g/mol. The monoisotopic (exact) mass is 657 g/mol. The Labute approximate surface area is 278 Å². The number of rotatable bonds is 9. The highest BCUT2D eigenvalue weighted by Crippen LogP contribution is 2.32. The molecule has 2 aromatic rings. The Morgan fingerprint density at radius 1 is 0.870 bits per heavy atom. The highest BCUT2D eigenvalue weighted by Gasteiger charge is 2.54. The maximum atomic E-state index is 14.4. The number of para-hydroxylation sites is 1. The van der Waals surface area contributed by atoms with E-state index in [2.05, 4.69) is 10.6 Å². The lowest BCUT2D eigenvalue weighted by molar-refractivity contribution is -0.784. The molecule has 0 saturated carbocycles. The number of benzene rings is 2. The van der Waals surface area contributed by atoms with Gasteiger partial charge in [0.15, 0.2) is 0 Å². The molecule has 2 N–H and O–H groups in total. The molecule has 1 heterocycles. The summed E-state index contributed by atoms with van der Waals surface area (Å²) in [5.74, 6) is -0.795. The molecule has 0 bridgehead atoms. The molecule has 3 rings (SSSR count). The Morgan fingerprint density at radius 2 is 1.48 bits per heavy atom. The van der Waals surface area contributed by atoms with Crippen molar-refractivity contribution in [2.45, 2.75) is 111 Å². The minimum absolute atomic E-state index is 0.0938. The van der Waals surface area contributed by atoms with E-state index in [-0.39, 0.29) is 31.6 Å². The molecule has 2 atom stereocenters. The number of likely N-dealkylation sites (tertiary alicyclic amines) is 1. The summed E-state index contributed by atoms with van der Waals surface area (Å²) >= 11 is 6.31. The highest BCUT2D eigenvalue weighted by molar-refractivity contribution is 6.30. The summed E-state index contributed by atoms with van der Waals surface area (Å²) in [6, 6.07) is 13.7. The van der Waals surface area contributed by atoms with Crippen molar-refractivity contribution >= 4 is 41.3 Å². The lowest BCUT2D eigenvalue weighted by atomic mass is 10.0. The topological polar surface area (TPSA) is 114 Å². The first-order chi connectivity index (χ1) is 21.3. The number of nitrogens with one attached hydrogen (secondary N) is 2. The summed E-state index contributed by atoms with van der Waals surface area (Å²) < 4.78 is 10.7. The fraction of sp³-hybridized carbons (Fsp3) is 0.543. The normalized spacial score (nSPS) is 18.4. The van der Waals surface area contributed by atoms with Crippen LogP contribution >= 0.6 is 11.6 Å². The predicted octanol–water partition coefficient (Wildman–Crippen LogP) is 6.73. The number of esters is 1.